The molecule has 0 aliphatic rings. The molecule has 0 aliphatic carbocycles. The molecule has 0 radical (unpaired) electrons. The molecule has 92 valence electrons. The average Bonchev–Trinajstić information content (AvgIpc) is 2.16. The molecular weight excluding hydrogens is 281 g/mol. The molecule has 0 aromatic carbocycles. The molecule has 1 atom stereocenters. The molecule has 0 amide bonds. The molecule has 0 aliphatic heterocycles. The Morgan fingerprint density at radius 2 is 1.53 bits per heavy atom. The molecule has 1 unspecified atom stereocenters. The van der Waals surface area contributed by atoms with Gasteiger partial charge in [-0.3, -0.25) is 0 Å². The van der Waals surface area contributed by atoms with Crippen LogP contribution in [-0.2, 0) is 4.79 Å². The first-order valence-electron chi connectivity index (χ1n) is 5.03. The van der Waals surface area contributed by atoms with E-state index >= 15 is 0 Å². The minimum Gasteiger partial charge on any atom is -0.479 e. The van der Waals surface area contributed by atoms with E-state index in [1.165, 1.54) is 6.92 Å². The van der Waals surface area contributed by atoms with Crippen LogP contribution in [0.25, 0.3) is 0 Å². The number of nitrogens with two attached hydrogens (primary N) is 1. The smallest absolute Gasteiger partial charge is 0.335 e. The van der Waals surface area contributed by atoms with Crippen molar-refractivity contribution in [2.75, 3.05) is 0 Å². The van der Waals surface area contributed by atoms with Crippen molar-refractivity contribution >= 4 is 33.5 Å². The molecule has 3 nitrogen and oxygen atoms in total. The van der Waals surface area contributed by atoms with Crippen LogP contribution in [0.2, 0.25) is 0 Å². The summed E-state index contributed by atoms with van der Waals surface area (Å²) in [7, 11) is 0. The van der Waals surface area contributed by atoms with Gasteiger partial charge in [0.05, 0.1) is 0 Å². The summed E-state index contributed by atoms with van der Waals surface area (Å²) in [6.07, 6.45) is 3.29. The summed E-state index contributed by atoms with van der Waals surface area (Å²) in [5, 5.41) is 8.07. The minimum absolute atomic E-state index is 0.125. The van der Waals surface area contributed by atoms with Gasteiger partial charge >= 0.3 is 5.97 Å². The predicted molar refractivity (Wildman–Crippen MR) is 68.6 cm³/mol. The van der Waals surface area contributed by atoms with E-state index in [2.05, 4.69) is 36.7 Å². The van der Waals surface area contributed by atoms with E-state index in [-0.39, 0.29) is 5.54 Å². The first kappa shape index (κ1) is 17.6. The molecular formula is C10H21BrClNO2. The maximum atomic E-state index is 9.84. The highest BCUT2D eigenvalue weighted by atomic mass is 79.9. The number of alkyl halides is 2. The number of aliphatic carboxylic acids is 1. The molecule has 3 N–H and O–H groups in total. The molecule has 0 spiro atoms. The Balaban J connectivity index is 0. The first-order chi connectivity index (χ1) is 6.63. The number of carboxylic acid groups (broad SMARTS) is 1. The second kappa shape index (κ2) is 7.47. The van der Waals surface area contributed by atoms with Crippen molar-refractivity contribution in [1.82, 2.24) is 0 Å². The van der Waals surface area contributed by atoms with Crippen LogP contribution in [0, 0.1) is 0 Å². The van der Waals surface area contributed by atoms with Crippen molar-refractivity contribution < 1.29 is 9.90 Å². The summed E-state index contributed by atoms with van der Waals surface area (Å²) >= 11 is 7.89. The Bertz CT molecular complexity index is 180. The van der Waals surface area contributed by atoms with Crippen LogP contribution >= 0.6 is 27.5 Å². The zero-order valence-electron chi connectivity index (χ0n) is 9.81. The van der Waals surface area contributed by atoms with Gasteiger partial charge in [0.15, 0.2) is 3.78 Å². The number of halogens is 2. The quantitative estimate of drug-likeness (QED) is 0.783. The van der Waals surface area contributed by atoms with Crippen LogP contribution < -0.4 is 5.73 Å². The monoisotopic (exact) mass is 301 g/mol. The molecule has 5 heteroatoms. The van der Waals surface area contributed by atoms with Crippen LogP contribution in [0.3, 0.4) is 0 Å². The minimum atomic E-state index is -1.30. The van der Waals surface area contributed by atoms with Crippen LogP contribution in [0.1, 0.15) is 47.0 Å². The van der Waals surface area contributed by atoms with Gasteiger partial charge < -0.3 is 10.8 Å². The molecule has 0 fully saturated rings. The standard InChI is InChI=1S/C7H17N.C3H4BrClO2/c1-4-7(8,5-2)6-3;1-3(4,5)2(6)7/h4-6,8H2,1-3H3;1H3,(H,6,7). The van der Waals surface area contributed by atoms with E-state index in [0.717, 1.165) is 19.3 Å². The van der Waals surface area contributed by atoms with Gasteiger partial charge in [-0.25, -0.2) is 4.79 Å². The fourth-order valence-corrected chi connectivity index (χ4v) is 0.750. The summed E-state index contributed by atoms with van der Waals surface area (Å²) < 4.78 is -1.30. The van der Waals surface area contributed by atoms with Gasteiger partial charge in [0.25, 0.3) is 0 Å². The van der Waals surface area contributed by atoms with E-state index in [1.807, 2.05) is 0 Å². The molecule has 0 heterocycles. The van der Waals surface area contributed by atoms with Crippen molar-refractivity contribution in [2.45, 2.75) is 56.3 Å². The van der Waals surface area contributed by atoms with Gasteiger partial charge in [-0.05, 0) is 26.2 Å². The lowest BCUT2D eigenvalue weighted by molar-refractivity contribution is -0.136. The molecule has 0 aromatic rings. The third kappa shape index (κ3) is 9.15. The summed E-state index contributed by atoms with van der Waals surface area (Å²) in [6, 6.07) is 0. The van der Waals surface area contributed by atoms with Gasteiger partial charge in [-0.2, -0.15) is 0 Å². The van der Waals surface area contributed by atoms with Gasteiger partial charge in [0.2, 0.25) is 0 Å². The third-order valence-corrected chi connectivity index (χ3v) is 2.99. The predicted octanol–water partition coefficient (Wildman–Crippen LogP) is 3.33. The van der Waals surface area contributed by atoms with Gasteiger partial charge in [0, 0.05) is 5.54 Å². The Morgan fingerprint density at radius 3 is 1.53 bits per heavy atom. The first-order valence-corrected chi connectivity index (χ1v) is 6.20. The maximum Gasteiger partial charge on any atom is 0.335 e. The molecule has 0 rings (SSSR count). The molecule has 0 saturated carbocycles. The number of carboxylic acids is 1. The highest BCUT2D eigenvalue weighted by Crippen LogP contribution is 2.21. The fraction of sp³-hybridized carbons (Fsp3) is 0.900. The van der Waals surface area contributed by atoms with E-state index in [9.17, 15) is 4.79 Å². The second-order valence-electron chi connectivity index (χ2n) is 3.62. The Labute approximate surface area is 105 Å². The highest BCUT2D eigenvalue weighted by molar-refractivity contribution is 9.10. The van der Waals surface area contributed by atoms with Crippen molar-refractivity contribution in [1.29, 1.82) is 0 Å². The Hall–Kier alpha value is 0.200. The van der Waals surface area contributed by atoms with Crippen LogP contribution in [0.4, 0.5) is 0 Å². The molecule has 0 saturated heterocycles. The van der Waals surface area contributed by atoms with Crippen LogP contribution in [-0.4, -0.2) is 20.4 Å². The Morgan fingerprint density at radius 1 is 1.33 bits per heavy atom. The lowest BCUT2D eigenvalue weighted by Gasteiger charge is -2.23. The fourth-order valence-electron chi connectivity index (χ4n) is 0.750. The second-order valence-corrected chi connectivity index (χ2v) is 6.42. The summed E-state index contributed by atoms with van der Waals surface area (Å²) in [4.78, 5) is 9.84. The largest absolute Gasteiger partial charge is 0.479 e. The Kier molecular flexibility index (Phi) is 8.76. The lowest BCUT2D eigenvalue weighted by Crippen LogP contribution is -2.37. The number of carbonyl (C=O) groups is 1. The number of hydrogen-bond acceptors (Lipinski definition) is 2. The van der Waals surface area contributed by atoms with E-state index in [0.29, 0.717) is 0 Å². The SMILES string of the molecule is CC(Cl)(Br)C(=O)O.CCC(N)(CC)CC. The number of hydrogen-bond donors (Lipinski definition) is 2. The van der Waals surface area contributed by atoms with Gasteiger partial charge in [-0.1, -0.05) is 48.3 Å². The van der Waals surface area contributed by atoms with Crippen LogP contribution in [0.15, 0.2) is 0 Å². The van der Waals surface area contributed by atoms with Crippen LogP contribution in [0.5, 0.6) is 0 Å². The third-order valence-electron chi connectivity index (χ3n) is 2.49. The zero-order chi connectivity index (χ0) is 12.7. The van der Waals surface area contributed by atoms with E-state index in [1.54, 1.807) is 0 Å². The van der Waals surface area contributed by atoms with E-state index in [4.69, 9.17) is 22.4 Å². The van der Waals surface area contributed by atoms with Gasteiger partial charge in [-0.15, -0.1) is 0 Å². The number of rotatable bonds is 4. The van der Waals surface area contributed by atoms with E-state index < -0.39 is 9.75 Å². The maximum absolute atomic E-state index is 9.84. The highest BCUT2D eigenvalue weighted by Gasteiger charge is 2.25. The zero-order valence-corrected chi connectivity index (χ0v) is 12.2. The summed E-state index contributed by atoms with van der Waals surface area (Å²) in [6.45, 7) is 7.78. The summed E-state index contributed by atoms with van der Waals surface area (Å²) in [5.74, 6) is -1.07. The topological polar surface area (TPSA) is 63.3 Å². The van der Waals surface area contributed by atoms with Crippen molar-refractivity contribution in [3.8, 4) is 0 Å². The molecule has 0 aromatic heterocycles. The van der Waals surface area contributed by atoms with Crippen molar-refractivity contribution in [3.63, 3.8) is 0 Å². The van der Waals surface area contributed by atoms with Crippen molar-refractivity contribution in [2.24, 2.45) is 5.73 Å². The lowest BCUT2D eigenvalue weighted by atomic mass is 9.92. The van der Waals surface area contributed by atoms with Gasteiger partial charge in [0.1, 0.15) is 0 Å². The normalized spacial score (nSPS) is 14.9. The molecule has 15 heavy (non-hydrogen) atoms. The van der Waals surface area contributed by atoms with Crippen molar-refractivity contribution in [3.05, 3.63) is 0 Å². The molecule has 0 bridgehead atoms. The average molecular weight is 303 g/mol. The summed E-state index contributed by atoms with van der Waals surface area (Å²) in [5.41, 5.74) is 6.02.